The number of phenols is 1. The van der Waals surface area contributed by atoms with E-state index in [0.29, 0.717) is 5.75 Å². The van der Waals surface area contributed by atoms with Gasteiger partial charge in [0.2, 0.25) is 0 Å². The zero-order chi connectivity index (χ0) is 19.1. The van der Waals surface area contributed by atoms with E-state index in [9.17, 15) is 9.90 Å². The van der Waals surface area contributed by atoms with Crippen molar-refractivity contribution < 1.29 is 14.4 Å². The van der Waals surface area contributed by atoms with Crippen molar-refractivity contribution >= 4 is 16.7 Å². The van der Waals surface area contributed by atoms with Gasteiger partial charge in [0.15, 0.2) is 0 Å². The molecule has 0 atom stereocenters. The number of aromatic hydroxyl groups is 1. The highest BCUT2D eigenvalue weighted by Crippen LogP contribution is 2.29. The Morgan fingerprint density at radius 1 is 1.04 bits per heavy atom. The number of benzene rings is 2. The summed E-state index contributed by atoms with van der Waals surface area (Å²) in [6.07, 6.45) is 3.39. The number of nitrogens with one attached hydrogen (secondary N) is 1. The molecule has 5 rings (SSSR count). The second-order valence-corrected chi connectivity index (χ2v) is 7.96. The fourth-order valence-electron chi connectivity index (χ4n) is 4.68. The molecule has 0 saturated carbocycles. The second kappa shape index (κ2) is 6.99. The van der Waals surface area contributed by atoms with Crippen LogP contribution in [-0.4, -0.2) is 31.3 Å². The zero-order valence-corrected chi connectivity index (χ0v) is 15.9. The van der Waals surface area contributed by atoms with Gasteiger partial charge in [0.1, 0.15) is 17.9 Å². The number of rotatable bonds is 3. The number of aryl methyl sites for hydroxylation is 2. The monoisotopic (exact) mass is 377 g/mol. The molecule has 1 aliphatic heterocycles. The molecule has 2 aromatic carbocycles. The lowest BCUT2D eigenvalue weighted by Crippen LogP contribution is -3.13. The SMILES string of the molecule is O=c1cc(C[NH+]2CCN(c3ccccc3O)CC2)c2cc3c(cc2o1)CCC3. The Morgan fingerprint density at radius 3 is 2.57 bits per heavy atom. The summed E-state index contributed by atoms with van der Waals surface area (Å²) in [6.45, 7) is 4.56. The zero-order valence-electron chi connectivity index (χ0n) is 15.9. The van der Waals surface area contributed by atoms with Gasteiger partial charge in [0.05, 0.1) is 31.9 Å². The van der Waals surface area contributed by atoms with E-state index in [0.717, 1.165) is 67.8 Å². The van der Waals surface area contributed by atoms with E-state index in [1.807, 2.05) is 18.2 Å². The molecule has 144 valence electrons. The van der Waals surface area contributed by atoms with Crippen molar-refractivity contribution in [3.63, 3.8) is 0 Å². The van der Waals surface area contributed by atoms with Gasteiger partial charge in [0.25, 0.3) is 0 Å². The number of quaternary nitrogens is 1. The molecule has 0 radical (unpaired) electrons. The van der Waals surface area contributed by atoms with E-state index in [-0.39, 0.29) is 5.63 Å². The average Bonchev–Trinajstić information content (AvgIpc) is 3.15. The van der Waals surface area contributed by atoms with E-state index in [4.69, 9.17) is 4.42 Å². The number of fused-ring (bicyclic) bond motifs is 2. The highest BCUT2D eigenvalue weighted by molar-refractivity contribution is 5.82. The topological polar surface area (TPSA) is 58.1 Å². The molecule has 1 fully saturated rings. The summed E-state index contributed by atoms with van der Waals surface area (Å²) in [5.74, 6) is 0.339. The lowest BCUT2D eigenvalue weighted by molar-refractivity contribution is -0.914. The Hall–Kier alpha value is -2.79. The number of phenolic OH excluding ortho intramolecular Hbond substituents is 1. The van der Waals surface area contributed by atoms with Crippen LogP contribution in [0.3, 0.4) is 0 Å². The van der Waals surface area contributed by atoms with E-state index in [1.54, 1.807) is 12.1 Å². The Morgan fingerprint density at radius 2 is 1.79 bits per heavy atom. The summed E-state index contributed by atoms with van der Waals surface area (Å²) in [4.78, 5) is 15.8. The van der Waals surface area contributed by atoms with Crippen molar-refractivity contribution in [1.82, 2.24) is 0 Å². The molecule has 5 heteroatoms. The maximum atomic E-state index is 12.1. The molecule has 1 aliphatic carbocycles. The van der Waals surface area contributed by atoms with Crippen LogP contribution in [0.25, 0.3) is 11.0 Å². The molecule has 1 saturated heterocycles. The van der Waals surface area contributed by atoms with Crippen molar-refractivity contribution in [2.45, 2.75) is 25.8 Å². The largest absolute Gasteiger partial charge is 0.506 e. The van der Waals surface area contributed by atoms with Crippen molar-refractivity contribution in [2.24, 2.45) is 0 Å². The van der Waals surface area contributed by atoms with Gasteiger partial charge in [-0.15, -0.1) is 0 Å². The summed E-state index contributed by atoms with van der Waals surface area (Å²) in [5, 5.41) is 11.2. The van der Waals surface area contributed by atoms with Crippen LogP contribution in [-0.2, 0) is 19.4 Å². The molecule has 0 spiro atoms. The minimum atomic E-state index is -0.257. The predicted molar refractivity (Wildman–Crippen MR) is 109 cm³/mol. The quantitative estimate of drug-likeness (QED) is 0.685. The number of hydrogen-bond donors (Lipinski definition) is 2. The highest BCUT2D eigenvalue weighted by atomic mass is 16.4. The molecule has 2 heterocycles. The molecule has 0 unspecified atom stereocenters. The molecule has 0 amide bonds. The molecule has 2 aliphatic rings. The van der Waals surface area contributed by atoms with Crippen LogP contribution in [0.15, 0.2) is 51.7 Å². The Kier molecular flexibility index (Phi) is 4.32. The second-order valence-electron chi connectivity index (χ2n) is 7.96. The number of para-hydroxylation sites is 2. The van der Waals surface area contributed by atoms with Gasteiger partial charge in [-0.05, 0) is 54.7 Å². The van der Waals surface area contributed by atoms with Crippen LogP contribution in [0.2, 0.25) is 0 Å². The molecule has 0 bridgehead atoms. The Bertz CT molecular complexity index is 1080. The fraction of sp³-hybridized carbons (Fsp3) is 0.348. The average molecular weight is 377 g/mol. The fourth-order valence-corrected chi connectivity index (χ4v) is 4.68. The maximum Gasteiger partial charge on any atom is 0.336 e. The molecule has 2 N–H and O–H groups in total. The van der Waals surface area contributed by atoms with Crippen molar-refractivity contribution in [3.8, 4) is 5.75 Å². The van der Waals surface area contributed by atoms with Gasteiger partial charge in [-0.2, -0.15) is 0 Å². The first-order valence-electron chi connectivity index (χ1n) is 10.1. The first-order valence-corrected chi connectivity index (χ1v) is 10.1. The maximum absolute atomic E-state index is 12.1. The van der Waals surface area contributed by atoms with Gasteiger partial charge < -0.3 is 19.3 Å². The molecule has 5 nitrogen and oxygen atoms in total. The molecule has 28 heavy (non-hydrogen) atoms. The molecular formula is C23H25N2O3+. The first kappa shape index (κ1) is 17.3. The number of anilines is 1. The Balaban J connectivity index is 1.36. The molecular weight excluding hydrogens is 352 g/mol. The minimum absolute atomic E-state index is 0.257. The summed E-state index contributed by atoms with van der Waals surface area (Å²) >= 11 is 0. The third kappa shape index (κ3) is 3.16. The van der Waals surface area contributed by atoms with Crippen molar-refractivity contribution in [2.75, 3.05) is 31.1 Å². The van der Waals surface area contributed by atoms with Crippen LogP contribution < -0.4 is 15.4 Å². The predicted octanol–water partition coefficient (Wildman–Crippen LogP) is 1.89. The van der Waals surface area contributed by atoms with E-state index >= 15 is 0 Å². The molecule has 1 aromatic heterocycles. The number of hydrogen-bond acceptors (Lipinski definition) is 4. The minimum Gasteiger partial charge on any atom is -0.506 e. The Labute approximate surface area is 163 Å². The standard InChI is InChI=1S/C23H24N2O3/c26-21-7-2-1-6-20(21)25-10-8-24(9-11-25)15-18-14-23(27)28-22-13-17-5-3-4-16(17)12-19(18)22/h1-2,6-7,12-14,26H,3-5,8-11,15H2/p+1. The van der Waals surface area contributed by atoms with Crippen molar-refractivity contribution in [1.29, 1.82) is 0 Å². The summed E-state index contributed by atoms with van der Waals surface area (Å²) in [5.41, 5.74) is 5.20. The van der Waals surface area contributed by atoms with Gasteiger partial charge in [-0.3, -0.25) is 0 Å². The lowest BCUT2D eigenvalue weighted by Gasteiger charge is -2.34. The smallest absolute Gasteiger partial charge is 0.336 e. The van der Waals surface area contributed by atoms with Crippen LogP contribution in [0.5, 0.6) is 5.75 Å². The van der Waals surface area contributed by atoms with Crippen LogP contribution in [0, 0.1) is 0 Å². The van der Waals surface area contributed by atoms with Crippen LogP contribution in [0.4, 0.5) is 5.69 Å². The van der Waals surface area contributed by atoms with E-state index in [2.05, 4.69) is 17.0 Å². The van der Waals surface area contributed by atoms with Crippen LogP contribution >= 0.6 is 0 Å². The summed E-state index contributed by atoms with van der Waals surface area (Å²) < 4.78 is 5.50. The molecule has 3 aromatic rings. The third-order valence-corrected chi connectivity index (χ3v) is 6.18. The normalized spacial score (nSPS) is 17.2. The summed E-state index contributed by atoms with van der Waals surface area (Å²) in [6, 6.07) is 13.5. The van der Waals surface area contributed by atoms with Gasteiger partial charge >= 0.3 is 5.63 Å². The summed E-state index contributed by atoms with van der Waals surface area (Å²) in [7, 11) is 0. The van der Waals surface area contributed by atoms with Gasteiger partial charge in [-0.1, -0.05) is 12.1 Å². The number of piperazine rings is 1. The number of nitrogens with zero attached hydrogens (tertiary/aromatic N) is 1. The lowest BCUT2D eigenvalue weighted by atomic mass is 10.0. The third-order valence-electron chi connectivity index (χ3n) is 6.18. The van der Waals surface area contributed by atoms with Crippen molar-refractivity contribution in [3.05, 3.63) is 69.6 Å². The highest BCUT2D eigenvalue weighted by Gasteiger charge is 2.23. The van der Waals surface area contributed by atoms with E-state index in [1.165, 1.54) is 22.4 Å². The van der Waals surface area contributed by atoms with E-state index < -0.39 is 0 Å². The van der Waals surface area contributed by atoms with Gasteiger partial charge in [0, 0.05) is 17.0 Å². The first-order chi connectivity index (χ1) is 13.7. The van der Waals surface area contributed by atoms with Gasteiger partial charge in [-0.25, -0.2) is 4.79 Å². The van der Waals surface area contributed by atoms with Crippen LogP contribution in [0.1, 0.15) is 23.1 Å².